The molecule has 1 saturated heterocycles. The number of rotatable bonds is 4. The fourth-order valence-corrected chi connectivity index (χ4v) is 3.19. The Labute approximate surface area is 146 Å². The highest BCUT2D eigenvalue weighted by Gasteiger charge is 2.33. The van der Waals surface area contributed by atoms with Crippen molar-refractivity contribution >= 4 is 0 Å². The molecule has 0 spiro atoms. The second-order valence-corrected chi connectivity index (χ2v) is 7.64. The van der Waals surface area contributed by atoms with E-state index in [-0.39, 0.29) is 17.5 Å². The van der Waals surface area contributed by atoms with E-state index >= 15 is 0 Å². The van der Waals surface area contributed by atoms with Gasteiger partial charge in [-0.1, -0.05) is 32.0 Å². The van der Waals surface area contributed by atoms with Gasteiger partial charge in [-0.05, 0) is 31.2 Å². The van der Waals surface area contributed by atoms with Crippen molar-refractivity contribution in [3.63, 3.8) is 0 Å². The lowest BCUT2D eigenvalue weighted by Crippen LogP contribution is -2.34. The monoisotopic (exact) mass is 350 g/mol. The van der Waals surface area contributed by atoms with E-state index in [1.54, 1.807) is 6.07 Å². The molecular weight excluding hydrogens is 326 g/mol. The average molecular weight is 350 g/mol. The summed E-state index contributed by atoms with van der Waals surface area (Å²) in [6.07, 6.45) is 0.903. The van der Waals surface area contributed by atoms with Gasteiger partial charge in [-0.15, -0.1) is 0 Å². The molecule has 0 unspecified atom stereocenters. The van der Waals surface area contributed by atoms with Gasteiger partial charge in [0.2, 0.25) is 5.89 Å². The summed E-state index contributed by atoms with van der Waals surface area (Å²) in [6, 6.07) is 4.17. The molecule has 1 fully saturated rings. The van der Waals surface area contributed by atoms with Crippen LogP contribution in [0.1, 0.15) is 50.5 Å². The topological polar surface area (TPSA) is 54.2 Å². The van der Waals surface area contributed by atoms with Crippen LogP contribution in [0, 0.1) is 11.6 Å². The van der Waals surface area contributed by atoms with Gasteiger partial charge in [0.05, 0.1) is 6.54 Å². The number of aromatic nitrogens is 2. The number of hydrogen-bond donors (Lipinski definition) is 1. The highest BCUT2D eigenvalue weighted by atomic mass is 19.2. The van der Waals surface area contributed by atoms with Crippen molar-refractivity contribution in [1.82, 2.24) is 20.4 Å². The smallest absolute Gasteiger partial charge is 0.240 e. The summed E-state index contributed by atoms with van der Waals surface area (Å²) < 4.78 is 32.1. The number of likely N-dealkylation sites (N-methyl/N-ethyl adjacent to an activating group) is 1. The molecule has 25 heavy (non-hydrogen) atoms. The predicted molar refractivity (Wildman–Crippen MR) is 90.0 cm³/mol. The third-order valence-corrected chi connectivity index (χ3v) is 4.59. The van der Waals surface area contributed by atoms with Gasteiger partial charge in [-0.2, -0.15) is 4.98 Å². The minimum atomic E-state index is -0.825. The van der Waals surface area contributed by atoms with Crippen LogP contribution in [0.25, 0.3) is 0 Å². The van der Waals surface area contributed by atoms with Crippen LogP contribution in [0.5, 0.6) is 0 Å². The number of likely N-dealkylation sites (tertiary alicyclic amines) is 1. The van der Waals surface area contributed by atoms with Crippen LogP contribution in [0.15, 0.2) is 22.7 Å². The molecule has 0 saturated carbocycles. The summed E-state index contributed by atoms with van der Waals surface area (Å²) in [7, 11) is 1.98. The lowest BCUT2D eigenvalue weighted by Gasteiger charge is -2.26. The van der Waals surface area contributed by atoms with E-state index < -0.39 is 11.6 Å². The standard InChI is InChI=1S/C18H24F2N4O/c1-18(2,3)17-22-15(25-23-17)10-21-14-7-8-24(4)16(14)11-5-6-12(19)13(20)9-11/h5-6,9,14,16,21H,7-8,10H2,1-4H3/t14-,16+/m1/s1. The molecule has 2 atom stereocenters. The van der Waals surface area contributed by atoms with Gasteiger partial charge in [0.25, 0.3) is 0 Å². The second kappa shape index (κ2) is 6.80. The summed E-state index contributed by atoms with van der Waals surface area (Å²) in [4.78, 5) is 6.56. The van der Waals surface area contributed by atoms with Gasteiger partial charge in [0.15, 0.2) is 17.5 Å². The van der Waals surface area contributed by atoms with Crippen molar-refractivity contribution in [2.45, 2.75) is 51.2 Å². The van der Waals surface area contributed by atoms with Crippen molar-refractivity contribution in [3.8, 4) is 0 Å². The fraction of sp³-hybridized carbons (Fsp3) is 0.556. The molecule has 2 aromatic rings. The number of halogens is 2. The Morgan fingerprint density at radius 3 is 2.68 bits per heavy atom. The van der Waals surface area contributed by atoms with Gasteiger partial charge in [-0.25, -0.2) is 8.78 Å². The molecule has 0 bridgehead atoms. The maximum absolute atomic E-state index is 13.6. The summed E-state index contributed by atoms with van der Waals surface area (Å²) in [5, 5.41) is 7.44. The predicted octanol–water partition coefficient (Wildman–Crippen LogP) is 3.18. The third-order valence-electron chi connectivity index (χ3n) is 4.59. The molecule has 1 aromatic heterocycles. The first-order valence-corrected chi connectivity index (χ1v) is 8.47. The first kappa shape index (κ1) is 17.9. The quantitative estimate of drug-likeness (QED) is 0.918. The van der Waals surface area contributed by atoms with Crippen LogP contribution in [-0.2, 0) is 12.0 Å². The Kier molecular flexibility index (Phi) is 4.88. The van der Waals surface area contributed by atoms with E-state index in [1.807, 2.05) is 27.8 Å². The Morgan fingerprint density at radius 1 is 1.28 bits per heavy atom. The molecule has 0 aliphatic carbocycles. The molecule has 1 aliphatic heterocycles. The number of hydrogen-bond acceptors (Lipinski definition) is 5. The van der Waals surface area contributed by atoms with Crippen LogP contribution in [-0.4, -0.2) is 34.7 Å². The molecule has 0 radical (unpaired) electrons. The molecule has 136 valence electrons. The molecule has 7 heteroatoms. The Hall–Kier alpha value is -1.86. The second-order valence-electron chi connectivity index (χ2n) is 7.64. The fourth-order valence-electron chi connectivity index (χ4n) is 3.19. The van der Waals surface area contributed by atoms with E-state index in [1.165, 1.54) is 12.1 Å². The van der Waals surface area contributed by atoms with Crippen molar-refractivity contribution in [3.05, 3.63) is 47.1 Å². The molecule has 2 heterocycles. The highest BCUT2D eigenvalue weighted by Crippen LogP contribution is 2.32. The average Bonchev–Trinajstić information content (AvgIpc) is 3.14. The Balaban J connectivity index is 1.70. The van der Waals surface area contributed by atoms with Gasteiger partial charge < -0.3 is 9.84 Å². The summed E-state index contributed by atoms with van der Waals surface area (Å²) in [6.45, 7) is 7.40. The minimum absolute atomic E-state index is 0.0277. The van der Waals surface area contributed by atoms with Crippen LogP contribution in [0.3, 0.4) is 0 Å². The summed E-state index contributed by atoms with van der Waals surface area (Å²) in [5.74, 6) is -0.439. The first-order valence-electron chi connectivity index (χ1n) is 8.47. The van der Waals surface area contributed by atoms with Crippen molar-refractivity contribution in [1.29, 1.82) is 0 Å². The van der Waals surface area contributed by atoms with E-state index in [2.05, 4.69) is 20.4 Å². The normalized spacial score (nSPS) is 21.8. The SMILES string of the molecule is CN1CC[C@@H](NCc2nc(C(C)(C)C)no2)[C@@H]1c1ccc(F)c(F)c1. The van der Waals surface area contributed by atoms with Gasteiger partial charge >= 0.3 is 0 Å². The Bertz CT molecular complexity index is 741. The zero-order valence-electron chi connectivity index (χ0n) is 15.0. The van der Waals surface area contributed by atoms with E-state index in [9.17, 15) is 8.78 Å². The molecule has 1 aromatic carbocycles. The first-order chi connectivity index (χ1) is 11.8. The molecule has 1 N–H and O–H groups in total. The van der Waals surface area contributed by atoms with E-state index in [0.717, 1.165) is 18.5 Å². The zero-order valence-corrected chi connectivity index (χ0v) is 15.0. The van der Waals surface area contributed by atoms with Crippen LogP contribution in [0.4, 0.5) is 8.78 Å². The van der Waals surface area contributed by atoms with Crippen LogP contribution < -0.4 is 5.32 Å². The molecule has 5 nitrogen and oxygen atoms in total. The summed E-state index contributed by atoms with van der Waals surface area (Å²) in [5.41, 5.74) is 0.598. The zero-order chi connectivity index (χ0) is 18.2. The van der Waals surface area contributed by atoms with Crippen molar-refractivity contribution in [2.24, 2.45) is 0 Å². The minimum Gasteiger partial charge on any atom is -0.338 e. The summed E-state index contributed by atoms with van der Waals surface area (Å²) >= 11 is 0. The van der Waals surface area contributed by atoms with Gasteiger partial charge in [0.1, 0.15) is 0 Å². The van der Waals surface area contributed by atoms with Crippen LogP contribution >= 0.6 is 0 Å². The van der Waals surface area contributed by atoms with Crippen molar-refractivity contribution in [2.75, 3.05) is 13.6 Å². The third kappa shape index (κ3) is 3.88. The van der Waals surface area contributed by atoms with E-state index in [4.69, 9.17) is 4.52 Å². The largest absolute Gasteiger partial charge is 0.338 e. The van der Waals surface area contributed by atoms with Gasteiger partial charge in [-0.3, -0.25) is 4.90 Å². The van der Waals surface area contributed by atoms with Crippen LogP contribution in [0.2, 0.25) is 0 Å². The molecular formula is C18H24F2N4O. The molecule has 0 amide bonds. The maximum Gasteiger partial charge on any atom is 0.240 e. The molecule has 3 rings (SSSR count). The lowest BCUT2D eigenvalue weighted by atomic mass is 9.96. The maximum atomic E-state index is 13.6. The van der Waals surface area contributed by atoms with Gasteiger partial charge in [0, 0.05) is 24.0 Å². The lowest BCUT2D eigenvalue weighted by molar-refractivity contribution is 0.277. The highest BCUT2D eigenvalue weighted by molar-refractivity contribution is 5.24. The Morgan fingerprint density at radius 2 is 2.04 bits per heavy atom. The number of nitrogens with one attached hydrogen (secondary N) is 1. The van der Waals surface area contributed by atoms with E-state index in [0.29, 0.717) is 18.3 Å². The number of benzene rings is 1. The number of nitrogens with zero attached hydrogens (tertiary/aromatic N) is 3. The van der Waals surface area contributed by atoms with Crippen molar-refractivity contribution < 1.29 is 13.3 Å². The molecule has 1 aliphatic rings.